The Morgan fingerprint density at radius 1 is 1.42 bits per heavy atom. The molecule has 0 radical (unpaired) electrons. The Labute approximate surface area is 112 Å². The van der Waals surface area contributed by atoms with Crippen molar-refractivity contribution in [2.24, 2.45) is 0 Å². The summed E-state index contributed by atoms with van der Waals surface area (Å²) in [5, 5.41) is 7.29. The van der Waals surface area contributed by atoms with Crippen LogP contribution < -0.4 is 5.32 Å². The molecule has 0 saturated carbocycles. The summed E-state index contributed by atoms with van der Waals surface area (Å²) in [6.07, 6.45) is 5.24. The largest absolute Gasteiger partial charge is 0.368 e. The Balaban J connectivity index is 1.86. The molecule has 6 heteroatoms. The number of hydrogen-bond acceptors (Lipinski definition) is 4. The molecule has 0 saturated heterocycles. The third-order valence-corrected chi connectivity index (χ3v) is 2.62. The van der Waals surface area contributed by atoms with Gasteiger partial charge in [0, 0.05) is 39.2 Å². The van der Waals surface area contributed by atoms with Crippen LogP contribution in [0.3, 0.4) is 0 Å². The summed E-state index contributed by atoms with van der Waals surface area (Å²) < 4.78 is 1.84. The van der Waals surface area contributed by atoms with Crippen LogP contribution in [0.25, 0.3) is 0 Å². The van der Waals surface area contributed by atoms with Gasteiger partial charge in [-0.1, -0.05) is 0 Å². The maximum absolute atomic E-state index is 11.7. The molecule has 6 nitrogen and oxygen atoms in total. The minimum Gasteiger partial charge on any atom is -0.368 e. The van der Waals surface area contributed by atoms with Crippen LogP contribution in [-0.2, 0) is 6.54 Å². The fraction of sp³-hybridized carbons (Fsp3) is 0.308. The molecule has 2 rings (SSSR count). The van der Waals surface area contributed by atoms with Gasteiger partial charge in [-0.05, 0) is 18.2 Å². The van der Waals surface area contributed by atoms with Crippen molar-refractivity contribution in [1.29, 1.82) is 0 Å². The summed E-state index contributed by atoms with van der Waals surface area (Å²) in [6.45, 7) is 1.50. The monoisotopic (exact) mass is 259 g/mol. The predicted molar refractivity (Wildman–Crippen MR) is 73.0 cm³/mol. The minimum atomic E-state index is -0.0457. The van der Waals surface area contributed by atoms with E-state index in [1.165, 1.54) is 4.90 Å². The summed E-state index contributed by atoms with van der Waals surface area (Å²) >= 11 is 0. The summed E-state index contributed by atoms with van der Waals surface area (Å²) in [5.41, 5.74) is 0.586. The van der Waals surface area contributed by atoms with Crippen molar-refractivity contribution < 1.29 is 4.79 Å². The second-order valence-corrected chi connectivity index (χ2v) is 4.33. The Hall–Kier alpha value is -2.37. The van der Waals surface area contributed by atoms with E-state index in [9.17, 15) is 4.79 Å². The second kappa shape index (κ2) is 5.99. The van der Waals surface area contributed by atoms with E-state index in [1.54, 1.807) is 38.6 Å². The number of pyridine rings is 1. The maximum atomic E-state index is 11.7. The third-order valence-electron chi connectivity index (χ3n) is 2.62. The van der Waals surface area contributed by atoms with Gasteiger partial charge in [0.25, 0.3) is 5.91 Å². The standard InChI is InChI=1S/C13H17N5O/c1-17(2)13(19)11-4-5-12(15-10-11)14-7-9-18-8-3-6-16-18/h3-6,8,10H,7,9H2,1-2H3,(H,14,15). The van der Waals surface area contributed by atoms with Gasteiger partial charge in [0.1, 0.15) is 5.82 Å². The van der Waals surface area contributed by atoms with Crippen LogP contribution in [0.15, 0.2) is 36.8 Å². The van der Waals surface area contributed by atoms with Gasteiger partial charge >= 0.3 is 0 Å². The lowest BCUT2D eigenvalue weighted by Gasteiger charge is -2.10. The van der Waals surface area contributed by atoms with Crippen molar-refractivity contribution in [1.82, 2.24) is 19.7 Å². The molecule has 0 atom stereocenters. The molecule has 19 heavy (non-hydrogen) atoms. The van der Waals surface area contributed by atoms with E-state index < -0.39 is 0 Å². The molecule has 0 fully saturated rings. The molecule has 0 unspecified atom stereocenters. The molecule has 100 valence electrons. The lowest BCUT2D eigenvalue weighted by atomic mass is 10.2. The zero-order valence-corrected chi connectivity index (χ0v) is 11.1. The number of hydrogen-bond donors (Lipinski definition) is 1. The number of carbonyl (C=O) groups is 1. The Bertz CT molecular complexity index is 518. The lowest BCUT2D eigenvalue weighted by molar-refractivity contribution is 0.0827. The third kappa shape index (κ3) is 3.54. The van der Waals surface area contributed by atoms with Gasteiger partial charge in [-0.15, -0.1) is 0 Å². The first-order valence-electron chi connectivity index (χ1n) is 6.06. The first kappa shape index (κ1) is 13.1. The van der Waals surface area contributed by atoms with Crippen LogP contribution in [0.2, 0.25) is 0 Å². The van der Waals surface area contributed by atoms with Crippen LogP contribution in [0.5, 0.6) is 0 Å². The molecule has 1 N–H and O–H groups in total. The molecule has 0 bridgehead atoms. The topological polar surface area (TPSA) is 63.1 Å². The molecule has 0 spiro atoms. The van der Waals surface area contributed by atoms with Gasteiger partial charge in [0.15, 0.2) is 0 Å². The van der Waals surface area contributed by atoms with Gasteiger partial charge in [-0.25, -0.2) is 4.98 Å². The summed E-state index contributed by atoms with van der Waals surface area (Å²) in [4.78, 5) is 17.4. The molecule has 0 aromatic carbocycles. The first-order valence-corrected chi connectivity index (χ1v) is 6.06. The van der Waals surface area contributed by atoms with Crippen LogP contribution in [-0.4, -0.2) is 46.2 Å². The number of carbonyl (C=O) groups excluding carboxylic acids is 1. The molecular formula is C13H17N5O. The number of nitrogens with one attached hydrogen (secondary N) is 1. The Kier molecular flexibility index (Phi) is 4.12. The minimum absolute atomic E-state index is 0.0457. The average Bonchev–Trinajstić information content (AvgIpc) is 2.92. The number of aromatic nitrogens is 3. The average molecular weight is 259 g/mol. The van der Waals surface area contributed by atoms with Crippen molar-refractivity contribution in [3.8, 4) is 0 Å². The number of anilines is 1. The fourth-order valence-electron chi connectivity index (χ4n) is 1.61. The van der Waals surface area contributed by atoms with Crippen molar-refractivity contribution >= 4 is 11.7 Å². The summed E-state index contributed by atoms with van der Waals surface area (Å²) in [6, 6.07) is 5.46. The molecule has 0 aliphatic rings. The van der Waals surface area contributed by atoms with E-state index in [1.807, 2.05) is 16.9 Å². The highest BCUT2D eigenvalue weighted by atomic mass is 16.2. The molecule has 1 amide bonds. The van der Waals surface area contributed by atoms with Crippen LogP contribution >= 0.6 is 0 Å². The van der Waals surface area contributed by atoms with Gasteiger partial charge in [-0.3, -0.25) is 9.48 Å². The lowest BCUT2D eigenvalue weighted by Crippen LogP contribution is -2.21. The van der Waals surface area contributed by atoms with E-state index >= 15 is 0 Å². The van der Waals surface area contributed by atoms with Crippen molar-refractivity contribution in [3.63, 3.8) is 0 Å². The van der Waals surface area contributed by atoms with E-state index in [2.05, 4.69) is 15.4 Å². The van der Waals surface area contributed by atoms with Gasteiger partial charge < -0.3 is 10.2 Å². The molecule has 2 aromatic rings. The highest BCUT2D eigenvalue weighted by molar-refractivity contribution is 5.93. The molecule has 0 aliphatic heterocycles. The number of amides is 1. The fourth-order valence-corrected chi connectivity index (χ4v) is 1.61. The van der Waals surface area contributed by atoms with Crippen molar-refractivity contribution in [2.75, 3.05) is 26.0 Å². The van der Waals surface area contributed by atoms with Crippen LogP contribution in [0, 0.1) is 0 Å². The highest BCUT2D eigenvalue weighted by Gasteiger charge is 2.07. The van der Waals surface area contributed by atoms with Crippen LogP contribution in [0.1, 0.15) is 10.4 Å². The summed E-state index contributed by atoms with van der Waals surface area (Å²) in [5.74, 6) is 0.707. The van der Waals surface area contributed by atoms with Gasteiger partial charge in [0.2, 0.25) is 0 Å². The zero-order chi connectivity index (χ0) is 13.7. The zero-order valence-electron chi connectivity index (χ0n) is 11.1. The number of nitrogens with zero attached hydrogens (tertiary/aromatic N) is 4. The molecule has 0 aliphatic carbocycles. The maximum Gasteiger partial charge on any atom is 0.254 e. The van der Waals surface area contributed by atoms with Gasteiger partial charge in [0.05, 0.1) is 12.1 Å². The number of rotatable bonds is 5. The van der Waals surface area contributed by atoms with Crippen molar-refractivity contribution in [2.45, 2.75) is 6.54 Å². The predicted octanol–water partition coefficient (Wildman–Crippen LogP) is 1.09. The smallest absolute Gasteiger partial charge is 0.254 e. The molecular weight excluding hydrogens is 242 g/mol. The Morgan fingerprint density at radius 2 is 2.26 bits per heavy atom. The quantitative estimate of drug-likeness (QED) is 0.873. The van der Waals surface area contributed by atoms with Crippen molar-refractivity contribution in [3.05, 3.63) is 42.4 Å². The van der Waals surface area contributed by atoms with Crippen LogP contribution in [0.4, 0.5) is 5.82 Å². The van der Waals surface area contributed by atoms with E-state index in [0.717, 1.165) is 18.9 Å². The van der Waals surface area contributed by atoms with Gasteiger partial charge in [-0.2, -0.15) is 5.10 Å². The van der Waals surface area contributed by atoms with E-state index in [4.69, 9.17) is 0 Å². The van der Waals surface area contributed by atoms with E-state index in [-0.39, 0.29) is 5.91 Å². The molecule has 2 heterocycles. The van der Waals surface area contributed by atoms with E-state index in [0.29, 0.717) is 5.56 Å². The first-order chi connectivity index (χ1) is 9.16. The normalized spacial score (nSPS) is 10.2. The molecule has 2 aromatic heterocycles. The highest BCUT2D eigenvalue weighted by Crippen LogP contribution is 2.06. The summed E-state index contributed by atoms with van der Waals surface area (Å²) in [7, 11) is 3.44. The SMILES string of the molecule is CN(C)C(=O)c1ccc(NCCn2cccn2)nc1. The second-order valence-electron chi connectivity index (χ2n) is 4.33. The Morgan fingerprint density at radius 3 is 2.84 bits per heavy atom.